The zero-order chi connectivity index (χ0) is 46.4. The Hall–Kier alpha value is -6.44. The molecule has 7 atom stereocenters. The van der Waals surface area contributed by atoms with Crippen molar-refractivity contribution < 1.29 is 47.5 Å². The van der Waals surface area contributed by atoms with Crippen LogP contribution in [0.15, 0.2) is 183 Å². The highest BCUT2D eigenvalue weighted by Crippen LogP contribution is 2.45. The lowest BCUT2D eigenvalue weighted by molar-refractivity contribution is -0.372. The highest BCUT2D eigenvalue weighted by molar-refractivity contribution is 5.82. The number of carbonyl (C=O) groups excluding carboxylic acids is 2. The van der Waals surface area contributed by atoms with E-state index in [1.807, 2.05) is 158 Å². The third-order valence-corrected chi connectivity index (χ3v) is 12.2. The summed E-state index contributed by atoms with van der Waals surface area (Å²) in [5.41, 5.74) is 8.02. The summed E-state index contributed by atoms with van der Waals surface area (Å²) in [4.78, 5) is 27.5. The number of alkyl carbamates (subject to hydrolysis) is 1. The Morgan fingerprint density at radius 1 is 0.627 bits per heavy atom. The summed E-state index contributed by atoms with van der Waals surface area (Å²) in [5.74, 6) is -2.78. The normalized spacial score (nSPS) is 20.7. The number of fused-ring (bicyclic) bond motifs is 3. The molecule has 1 heterocycles. The molecule has 0 radical (unpaired) electrons. The van der Waals surface area contributed by atoms with E-state index in [2.05, 4.69) is 24.0 Å². The van der Waals surface area contributed by atoms with Crippen LogP contribution in [0.5, 0.6) is 0 Å². The van der Waals surface area contributed by atoms with Gasteiger partial charge < -0.3 is 43.2 Å². The molecule has 0 aromatic heterocycles. The Labute approximate surface area is 392 Å². The number of benzene rings is 6. The van der Waals surface area contributed by atoms with Crippen molar-refractivity contribution >= 4 is 12.1 Å². The minimum atomic E-state index is -1.82. The predicted octanol–water partition coefficient (Wildman–Crippen LogP) is 9.73. The summed E-state index contributed by atoms with van der Waals surface area (Å²) < 4.78 is 52.2. The Bertz CT molecular complexity index is 2460. The van der Waals surface area contributed by atoms with Crippen LogP contribution in [0.1, 0.15) is 46.2 Å². The molecule has 0 bridgehead atoms. The van der Waals surface area contributed by atoms with Gasteiger partial charge in [-0.25, -0.2) is 9.59 Å². The summed E-state index contributed by atoms with van der Waals surface area (Å²) in [6.45, 7) is 6.83. The van der Waals surface area contributed by atoms with Crippen LogP contribution in [0.2, 0.25) is 0 Å². The second-order valence-corrected chi connectivity index (χ2v) is 16.6. The Morgan fingerprint density at radius 3 is 1.60 bits per heavy atom. The van der Waals surface area contributed by atoms with Crippen molar-refractivity contribution in [3.8, 4) is 11.1 Å². The molecule has 8 rings (SSSR count). The minimum Gasteiger partial charge on any atom is -0.467 e. The van der Waals surface area contributed by atoms with Crippen LogP contribution in [0.3, 0.4) is 0 Å². The molecule has 7 unspecified atom stereocenters. The molecule has 6 aromatic carbocycles. The fraction of sp³-hybridized carbons (Fsp3) is 0.286. The average molecular weight is 904 g/mol. The van der Waals surface area contributed by atoms with Gasteiger partial charge in [-0.15, -0.1) is 0 Å². The van der Waals surface area contributed by atoms with Gasteiger partial charge in [0.05, 0.1) is 46.2 Å². The summed E-state index contributed by atoms with van der Waals surface area (Å²) in [6, 6.07) is 54.0. The molecular weight excluding hydrogens is 847 g/mol. The van der Waals surface area contributed by atoms with Gasteiger partial charge >= 0.3 is 12.1 Å². The monoisotopic (exact) mass is 903 g/mol. The average Bonchev–Trinajstić information content (AvgIpc) is 3.70. The number of nitrogens with one attached hydrogen (secondary N) is 1. The third-order valence-electron chi connectivity index (χ3n) is 12.2. The number of carbonyl (C=O) groups is 2. The Kier molecular flexibility index (Phi) is 16.0. The molecule has 2 aliphatic rings. The van der Waals surface area contributed by atoms with E-state index in [-0.39, 0.29) is 39.0 Å². The highest BCUT2D eigenvalue weighted by Gasteiger charge is 2.58. The van der Waals surface area contributed by atoms with Gasteiger partial charge in [-0.3, -0.25) is 0 Å². The molecule has 67 heavy (non-hydrogen) atoms. The minimum absolute atomic E-state index is 0.0353. The van der Waals surface area contributed by atoms with Crippen molar-refractivity contribution in [1.82, 2.24) is 5.32 Å². The quantitative estimate of drug-likeness (QED) is 0.0553. The first-order valence-corrected chi connectivity index (χ1v) is 22.6. The second-order valence-electron chi connectivity index (χ2n) is 16.6. The third kappa shape index (κ3) is 11.6. The largest absolute Gasteiger partial charge is 0.467 e. The van der Waals surface area contributed by atoms with Crippen LogP contribution in [0.25, 0.3) is 11.1 Å². The van der Waals surface area contributed by atoms with Crippen molar-refractivity contribution in [1.29, 1.82) is 0 Å². The summed E-state index contributed by atoms with van der Waals surface area (Å²) in [5, 5.41) is 2.74. The van der Waals surface area contributed by atoms with Gasteiger partial charge in [-0.2, -0.15) is 0 Å². The number of esters is 1. The van der Waals surface area contributed by atoms with E-state index in [1.54, 1.807) is 6.92 Å². The lowest BCUT2D eigenvalue weighted by atomic mass is 9.90. The van der Waals surface area contributed by atoms with E-state index in [1.165, 1.54) is 13.2 Å². The van der Waals surface area contributed by atoms with E-state index in [9.17, 15) is 9.59 Å². The molecular formula is C56H57NO10. The standard InChI is InChI=1S/C56H57NO10/c1-4-56(66-39(2)50(54(58)60-3)57-55(59)65-37-48-46-31-19-17-29-44(46)45-30-18-20-32-47(45)48)53(64-36-43-27-15-8-16-28-43)52(63-35-42-25-13-7-14-26-42)51(62-34-41-23-11-6-12-24-41)49(67-56)38-61-33-40-21-9-5-10-22-40/h4-32,39,48-53H,1,33-38H2,2-3H3,(H,57,59). The van der Waals surface area contributed by atoms with Gasteiger partial charge in [0.2, 0.25) is 5.79 Å². The second kappa shape index (κ2) is 22.8. The van der Waals surface area contributed by atoms with Gasteiger partial charge in [0.15, 0.2) is 6.04 Å². The van der Waals surface area contributed by atoms with Gasteiger partial charge in [-0.05, 0) is 57.5 Å². The van der Waals surface area contributed by atoms with Crippen LogP contribution < -0.4 is 5.32 Å². The van der Waals surface area contributed by atoms with Gasteiger partial charge in [0.1, 0.15) is 31.0 Å². The van der Waals surface area contributed by atoms with Crippen molar-refractivity contribution in [2.45, 2.75) is 81.6 Å². The molecule has 1 amide bonds. The maximum Gasteiger partial charge on any atom is 0.407 e. The zero-order valence-electron chi connectivity index (χ0n) is 37.8. The van der Waals surface area contributed by atoms with E-state index in [0.29, 0.717) is 6.61 Å². The number of methoxy groups -OCH3 is 1. The van der Waals surface area contributed by atoms with Crippen molar-refractivity contribution in [3.05, 3.63) is 216 Å². The molecule has 1 saturated heterocycles. The Morgan fingerprint density at radius 2 is 1.09 bits per heavy atom. The maximum atomic E-state index is 13.8. The molecule has 1 aliphatic heterocycles. The molecule has 11 heteroatoms. The number of hydrogen-bond donors (Lipinski definition) is 1. The van der Waals surface area contributed by atoms with Gasteiger partial charge in [0.25, 0.3) is 0 Å². The van der Waals surface area contributed by atoms with E-state index >= 15 is 0 Å². The number of ether oxygens (including phenoxy) is 8. The summed E-state index contributed by atoms with van der Waals surface area (Å²) >= 11 is 0. The Balaban J connectivity index is 1.10. The summed E-state index contributed by atoms with van der Waals surface area (Å²) in [6.07, 6.45) is -3.97. The SMILES string of the molecule is C=CC1(OC(C)C(NC(=O)OCC2c3ccccc3-c3ccccc32)C(=O)OC)OC(COCc2ccccc2)C(OCc2ccccc2)C(OCc2ccccc2)C1OCc1ccccc1. The zero-order valence-corrected chi connectivity index (χ0v) is 37.8. The first-order chi connectivity index (χ1) is 32.9. The van der Waals surface area contributed by atoms with Crippen molar-refractivity contribution in [3.63, 3.8) is 0 Å². The molecule has 6 aromatic rings. The van der Waals surface area contributed by atoms with Crippen molar-refractivity contribution in [2.24, 2.45) is 0 Å². The fourth-order valence-corrected chi connectivity index (χ4v) is 8.80. The number of rotatable bonds is 21. The molecule has 1 fully saturated rings. The first-order valence-electron chi connectivity index (χ1n) is 22.6. The highest BCUT2D eigenvalue weighted by atomic mass is 16.7. The van der Waals surface area contributed by atoms with Crippen LogP contribution in [0, 0.1) is 0 Å². The van der Waals surface area contributed by atoms with Crippen LogP contribution >= 0.6 is 0 Å². The molecule has 1 N–H and O–H groups in total. The first kappa shape index (κ1) is 47.1. The number of amides is 1. The van der Waals surface area contributed by atoms with E-state index in [4.69, 9.17) is 37.9 Å². The van der Waals surface area contributed by atoms with Crippen LogP contribution in [0.4, 0.5) is 4.79 Å². The lowest BCUT2D eigenvalue weighted by Gasteiger charge is -2.52. The van der Waals surface area contributed by atoms with Gasteiger partial charge in [0, 0.05) is 5.92 Å². The lowest BCUT2D eigenvalue weighted by Crippen LogP contribution is -2.68. The molecule has 1 aliphatic carbocycles. The van der Waals surface area contributed by atoms with E-state index in [0.717, 1.165) is 44.5 Å². The topological polar surface area (TPSA) is 120 Å². The molecule has 346 valence electrons. The number of hydrogen-bond acceptors (Lipinski definition) is 10. The smallest absolute Gasteiger partial charge is 0.407 e. The van der Waals surface area contributed by atoms with Crippen LogP contribution in [-0.4, -0.2) is 74.7 Å². The molecule has 11 nitrogen and oxygen atoms in total. The fourth-order valence-electron chi connectivity index (χ4n) is 8.80. The van der Waals surface area contributed by atoms with Gasteiger partial charge in [-0.1, -0.05) is 176 Å². The maximum absolute atomic E-state index is 13.8. The van der Waals surface area contributed by atoms with Crippen LogP contribution in [-0.2, 0) is 69.1 Å². The predicted molar refractivity (Wildman–Crippen MR) is 254 cm³/mol. The van der Waals surface area contributed by atoms with Crippen molar-refractivity contribution in [2.75, 3.05) is 20.3 Å². The summed E-state index contributed by atoms with van der Waals surface area (Å²) in [7, 11) is 1.25. The molecule has 0 saturated carbocycles. The molecule has 0 spiro atoms. The van der Waals surface area contributed by atoms with E-state index < -0.39 is 54.4 Å².